The average molecular weight is 358 g/mol. The van der Waals surface area contributed by atoms with Crippen LogP contribution in [0.15, 0.2) is 36.4 Å². The summed E-state index contributed by atoms with van der Waals surface area (Å²) in [6, 6.07) is 10.4. The highest BCUT2D eigenvalue weighted by Crippen LogP contribution is 2.35. The van der Waals surface area contributed by atoms with Gasteiger partial charge < -0.3 is 9.64 Å². The summed E-state index contributed by atoms with van der Waals surface area (Å²) in [7, 11) is 3.30. The number of rotatable bonds is 3. The summed E-state index contributed by atoms with van der Waals surface area (Å²) in [6.07, 6.45) is -0.763. The Morgan fingerprint density at radius 1 is 1.12 bits per heavy atom. The molecular formula is C18H18N2O4S. The summed E-state index contributed by atoms with van der Waals surface area (Å²) in [5.41, 5.74) is 0.619. The monoisotopic (exact) mass is 358 g/mol. The van der Waals surface area contributed by atoms with E-state index in [-0.39, 0.29) is 24.1 Å². The lowest BCUT2D eigenvalue weighted by molar-refractivity contribution is -0.135. The summed E-state index contributed by atoms with van der Waals surface area (Å²) in [5.74, 6) is -0.0366. The van der Waals surface area contributed by atoms with Gasteiger partial charge in [0.05, 0.1) is 22.0 Å². The third-order valence-corrected chi connectivity index (χ3v) is 5.07. The fourth-order valence-electron chi connectivity index (χ4n) is 2.62. The lowest BCUT2D eigenvalue weighted by atomic mass is 10.1. The van der Waals surface area contributed by atoms with Crippen molar-refractivity contribution in [3.8, 4) is 5.75 Å². The number of carbonyl (C=O) groups excluding carboxylic acids is 3. The molecule has 0 saturated carbocycles. The van der Waals surface area contributed by atoms with E-state index in [1.807, 2.05) is 6.07 Å². The predicted molar refractivity (Wildman–Crippen MR) is 95.6 cm³/mol. The fraction of sp³-hybridized carbons (Fsp3) is 0.278. The molecular weight excluding hydrogens is 340 g/mol. The number of thiophene rings is 1. The topological polar surface area (TPSA) is 66.9 Å². The first-order valence-electron chi connectivity index (χ1n) is 7.78. The SMILES string of the molecule is CC(=O)c1ccc(C(=O)N2C[C@H](C(=O)N(C)C)Oc3ccccc32)s1. The van der Waals surface area contributed by atoms with Gasteiger partial charge in [0.1, 0.15) is 5.75 Å². The molecule has 1 aromatic carbocycles. The van der Waals surface area contributed by atoms with E-state index >= 15 is 0 Å². The molecule has 0 fully saturated rings. The second kappa shape index (κ2) is 6.68. The van der Waals surface area contributed by atoms with Gasteiger partial charge in [-0.25, -0.2) is 0 Å². The minimum Gasteiger partial charge on any atom is -0.476 e. The predicted octanol–water partition coefficient (Wildman–Crippen LogP) is 2.45. The number of benzene rings is 1. The van der Waals surface area contributed by atoms with Crippen molar-refractivity contribution in [2.45, 2.75) is 13.0 Å². The number of nitrogens with zero attached hydrogens (tertiary/aromatic N) is 2. The Labute approximate surface area is 149 Å². The third-order valence-electron chi connectivity index (χ3n) is 3.90. The van der Waals surface area contributed by atoms with Gasteiger partial charge in [-0.3, -0.25) is 19.3 Å². The first-order chi connectivity index (χ1) is 11.9. The normalized spacial score (nSPS) is 16.0. The van der Waals surface area contributed by atoms with Crippen LogP contribution in [-0.2, 0) is 4.79 Å². The third kappa shape index (κ3) is 3.28. The lowest BCUT2D eigenvalue weighted by Crippen LogP contribution is -2.50. The summed E-state index contributed by atoms with van der Waals surface area (Å²) >= 11 is 1.16. The number of Topliss-reactive ketones (excluding diaryl/α,β-unsaturated/α-hetero) is 1. The number of para-hydroxylation sites is 2. The van der Waals surface area contributed by atoms with Crippen molar-refractivity contribution in [2.75, 3.05) is 25.5 Å². The number of fused-ring (bicyclic) bond motifs is 1. The van der Waals surface area contributed by atoms with Crippen LogP contribution in [0.2, 0.25) is 0 Å². The second-order valence-electron chi connectivity index (χ2n) is 5.94. The number of ketones is 1. The first kappa shape index (κ1) is 17.2. The van der Waals surface area contributed by atoms with E-state index in [1.165, 1.54) is 11.8 Å². The maximum Gasteiger partial charge on any atom is 0.268 e. The molecule has 0 unspecified atom stereocenters. The number of amides is 2. The number of carbonyl (C=O) groups is 3. The van der Waals surface area contributed by atoms with Gasteiger partial charge in [-0.2, -0.15) is 0 Å². The van der Waals surface area contributed by atoms with Crippen LogP contribution in [0.25, 0.3) is 0 Å². The van der Waals surface area contributed by atoms with E-state index in [0.717, 1.165) is 11.3 Å². The van der Waals surface area contributed by atoms with E-state index in [2.05, 4.69) is 0 Å². The van der Waals surface area contributed by atoms with E-state index in [9.17, 15) is 14.4 Å². The van der Waals surface area contributed by atoms with Crippen molar-refractivity contribution < 1.29 is 19.1 Å². The second-order valence-corrected chi connectivity index (χ2v) is 7.03. The molecule has 0 N–H and O–H groups in total. The van der Waals surface area contributed by atoms with Gasteiger partial charge in [0.15, 0.2) is 11.9 Å². The number of ether oxygens (including phenoxy) is 1. The molecule has 2 amide bonds. The van der Waals surface area contributed by atoms with Gasteiger partial charge in [0.25, 0.3) is 11.8 Å². The quantitative estimate of drug-likeness (QED) is 0.791. The maximum absolute atomic E-state index is 13.0. The van der Waals surface area contributed by atoms with Crippen LogP contribution in [0.4, 0.5) is 5.69 Å². The first-order valence-corrected chi connectivity index (χ1v) is 8.59. The molecule has 1 aromatic heterocycles. The van der Waals surface area contributed by atoms with Gasteiger partial charge in [-0.1, -0.05) is 12.1 Å². The zero-order chi connectivity index (χ0) is 18.1. The molecule has 6 nitrogen and oxygen atoms in total. The van der Waals surface area contributed by atoms with Crippen LogP contribution in [0, 0.1) is 0 Å². The van der Waals surface area contributed by atoms with Crippen LogP contribution >= 0.6 is 11.3 Å². The van der Waals surface area contributed by atoms with E-state index in [4.69, 9.17) is 4.74 Å². The molecule has 3 rings (SSSR count). The minimum atomic E-state index is -0.763. The van der Waals surface area contributed by atoms with Crippen molar-refractivity contribution in [1.82, 2.24) is 4.90 Å². The van der Waals surface area contributed by atoms with Crippen molar-refractivity contribution in [3.63, 3.8) is 0 Å². The molecule has 25 heavy (non-hydrogen) atoms. The zero-order valence-corrected chi connectivity index (χ0v) is 15.0. The Balaban J connectivity index is 1.96. The molecule has 0 spiro atoms. The summed E-state index contributed by atoms with van der Waals surface area (Å²) in [5, 5.41) is 0. The van der Waals surface area contributed by atoms with Crippen LogP contribution in [0.5, 0.6) is 5.75 Å². The highest BCUT2D eigenvalue weighted by molar-refractivity contribution is 7.16. The van der Waals surface area contributed by atoms with E-state index in [1.54, 1.807) is 49.3 Å². The number of anilines is 1. The zero-order valence-electron chi connectivity index (χ0n) is 14.2. The summed E-state index contributed by atoms with van der Waals surface area (Å²) in [4.78, 5) is 40.8. The molecule has 130 valence electrons. The van der Waals surface area contributed by atoms with Gasteiger partial charge in [0, 0.05) is 14.1 Å². The van der Waals surface area contributed by atoms with Crippen LogP contribution in [0.3, 0.4) is 0 Å². The van der Waals surface area contributed by atoms with Gasteiger partial charge in [-0.05, 0) is 31.2 Å². The smallest absolute Gasteiger partial charge is 0.268 e. The average Bonchev–Trinajstić information content (AvgIpc) is 3.09. The molecule has 0 aliphatic carbocycles. The van der Waals surface area contributed by atoms with Crippen molar-refractivity contribution in [2.24, 2.45) is 0 Å². The molecule has 1 aliphatic heterocycles. The maximum atomic E-state index is 13.0. The van der Waals surface area contributed by atoms with Crippen molar-refractivity contribution in [3.05, 3.63) is 46.2 Å². The van der Waals surface area contributed by atoms with E-state index < -0.39 is 6.10 Å². The summed E-state index contributed by atoms with van der Waals surface area (Å²) in [6.45, 7) is 1.59. The highest BCUT2D eigenvalue weighted by atomic mass is 32.1. The minimum absolute atomic E-state index is 0.0768. The van der Waals surface area contributed by atoms with Crippen molar-refractivity contribution in [1.29, 1.82) is 0 Å². The Morgan fingerprint density at radius 2 is 1.80 bits per heavy atom. The number of hydrogen-bond acceptors (Lipinski definition) is 5. The largest absolute Gasteiger partial charge is 0.476 e. The van der Waals surface area contributed by atoms with Crippen LogP contribution < -0.4 is 9.64 Å². The number of hydrogen-bond donors (Lipinski definition) is 0. The molecule has 1 atom stereocenters. The molecule has 0 bridgehead atoms. The molecule has 1 aliphatic rings. The van der Waals surface area contributed by atoms with Gasteiger partial charge in [-0.15, -0.1) is 11.3 Å². The molecule has 2 aromatic rings. The van der Waals surface area contributed by atoms with Crippen LogP contribution in [-0.4, -0.2) is 49.2 Å². The Hall–Kier alpha value is -2.67. The number of likely N-dealkylation sites (N-methyl/N-ethyl adjacent to an activating group) is 1. The molecule has 7 heteroatoms. The van der Waals surface area contributed by atoms with Crippen LogP contribution in [0.1, 0.15) is 26.3 Å². The van der Waals surface area contributed by atoms with E-state index in [0.29, 0.717) is 21.2 Å². The standard InChI is InChI=1S/C18H18N2O4S/c1-11(21)15-8-9-16(25-15)18(23)20-10-14(17(22)19(2)3)24-13-7-5-4-6-12(13)20/h4-9,14H,10H2,1-3H3/t14-/m1/s1. The fourth-order valence-corrected chi connectivity index (χ4v) is 3.47. The Morgan fingerprint density at radius 3 is 2.44 bits per heavy atom. The Bertz CT molecular complexity index is 843. The molecule has 0 saturated heterocycles. The Kier molecular flexibility index (Phi) is 4.59. The lowest BCUT2D eigenvalue weighted by Gasteiger charge is -2.34. The van der Waals surface area contributed by atoms with Crippen molar-refractivity contribution >= 4 is 34.6 Å². The molecule has 0 radical (unpaired) electrons. The van der Waals surface area contributed by atoms with Gasteiger partial charge >= 0.3 is 0 Å². The highest BCUT2D eigenvalue weighted by Gasteiger charge is 2.35. The summed E-state index contributed by atoms with van der Waals surface area (Å²) < 4.78 is 5.78. The van der Waals surface area contributed by atoms with Gasteiger partial charge in [0.2, 0.25) is 0 Å². The molecule has 2 heterocycles.